The van der Waals surface area contributed by atoms with Crippen molar-refractivity contribution in [2.24, 2.45) is 10.9 Å². The second kappa shape index (κ2) is 13.1. The predicted molar refractivity (Wildman–Crippen MR) is 119 cm³/mol. The molecule has 0 amide bonds. The van der Waals surface area contributed by atoms with Crippen LogP contribution in [-0.4, -0.2) is 74.7 Å². The number of guanidine groups is 1. The first kappa shape index (κ1) is 23.0. The zero-order valence-corrected chi connectivity index (χ0v) is 18.9. The van der Waals surface area contributed by atoms with Crippen LogP contribution in [0.1, 0.15) is 52.4 Å². The summed E-state index contributed by atoms with van der Waals surface area (Å²) in [5.74, 6) is 1.92. The van der Waals surface area contributed by atoms with Crippen LogP contribution in [0.3, 0.4) is 0 Å². The van der Waals surface area contributed by atoms with Gasteiger partial charge in [-0.25, -0.2) is 0 Å². The quantitative estimate of drug-likeness (QED) is 0.263. The van der Waals surface area contributed by atoms with E-state index in [4.69, 9.17) is 4.99 Å². The Balaban J connectivity index is 0.00000312. The highest BCUT2D eigenvalue weighted by molar-refractivity contribution is 14.0. The molecule has 2 rings (SSSR count). The Hall–Kier alpha value is -0.0800. The van der Waals surface area contributed by atoms with Gasteiger partial charge in [0.1, 0.15) is 0 Å². The van der Waals surface area contributed by atoms with Gasteiger partial charge in [0.2, 0.25) is 0 Å². The molecule has 0 aromatic rings. The Morgan fingerprint density at radius 1 is 1.04 bits per heavy atom. The predicted octanol–water partition coefficient (Wildman–Crippen LogP) is 2.77. The molecule has 0 radical (unpaired) electrons. The van der Waals surface area contributed by atoms with Crippen LogP contribution in [0, 0.1) is 5.92 Å². The molecule has 148 valence electrons. The smallest absolute Gasteiger partial charge is 0.191 e. The number of hydrogen-bond acceptors (Lipinski definition) is 3. The van der Waals surface area contributed by atoms with E-state index in [0.29, 0.717) is 6.04 Å². The molecule has 2 aliphatic rings. The van der Waals surface area contributed by atoms with Gasteiger partial charge in [-0.05, 0) is 65.0 Å². The van der Waals surface area contributed by atoms with Crippen LogP contribution >= 0.6 is 24.0 Å². The minimum Gasteiger partial charge on any atom is -0.357 e. The summed E-state index contributed by atoms with van der Waals surface area (Å²) in [6.45, 7) is 12.5. The number of nitrogens with one attached hydrogen (secondary N) is 2. The summed E-state index contributed by atoms with van der Waals surface area (Å²) in [5.41, 5.74) is 0. The summed E-state index contributed by atoms with van der Waals surface area (Å²) in [7, 11) is 2.22. The molecular formula is C19H40IN5. The number of hydrogen-bond donors (Lipinski definition) is 2. The lowest BCUT2D eigenvalue weighted by molar-refractivity contribution is 0.152. The fraction of sp³-hybridized carbons (Fsp3) is 0.947. The van der Waals surface area contributed by atoms with Crippen molar-refractivity contribution in [3.63, 3.8) is 0 Å². The molecule has 2 fully saturated rings. The molecule has 0 atom stereocenters. The second-order valence-corrected chi connectivity index (χ2v) is 7.71. The Labute approximate surface area is 172 Å². The third-order valence-corrected chi connectivity index (χ3v) is 5.45. The third kappa shape index (κ3) is 9.43. The molecule has 0 aromatic heterocycles. The summed E-state index contributed by atoms with van der Waals surface area (Å²) in [6, 6.07) is 0.615. The molecule has 1 heterocycles. The first-order valence-corrected chi connectivity index (χ1v) is 10.1. The number of likely N-dealkylation sites (N-methyl/N-ethyl adjacent to an activating group) is 1. The van der Waals surface area contributed by atoms with E-state index in [0.717, 1.165) is 25.0 Å². The van der Waals surface area contributed by atoms with Crippen molar-refractivity contribution in [3.8, 4) is 0 Å². The van der Waals surface area contributed by atoms with Crippen LogP contribution in [0.25, 0.3) is 0 Å². The zero-order chi connectivity index (χ0) is 17.2. The molecule has 5 nitrogen and oxygen atoms in total. The van der Waals surface area contributed by atoms with Crippen molar-refractivity contribution in [3.05, 3.63) is 0 Å². The molecule has 1 saturated carbocycles. The molecule has 6 heteroatoms. The number of halogens is 1. The Bertz CT molecular complexity index is 361. The Kier molecular flexibility index (Phi) is 12.1. The van der Waals surface area contributed by atoms with E-state index in [-0.39, 0.29) is 24.0 Å². The second-order valence-electron chi connectivity index (χ2n) is 7.71. The number of piperazine rings is 1. The molecule has 2 N–H and O–H groups in total. The fourth-order valence-corrected chi connectivity index (χ4v) is 3.63. The molecule has 0 aromatic carbocycles. The molecule has 0 bridgehead atoms. The van der Waals surface area contributed by atoms with Gasteiger partial charge in [-0.1, -0.05) is 6.92 Å². The van der Waals surface area contributed by atoms with E-state index in [1.54, 1.807) is 0 Å². The molecule has 0 spiro atoms. The lowest BCUT2D eigenvalue weighted by atomic mass is 9.87. The SMILES string of the molecule is CCNC(=NCCCCN1CCN(C)CC1)NC1CCC(C)CC1.I. The van der Waals surface area contributed by atoms with Crippen molar-refractivity contribution < 1.29 is 0 Å². The number of aliphatic imine (C=N–C) groups is 1. The van der Waals surface area contributed by atoms with E-state index in [1.807, 2.05) is 0 Å². The summed E-state index contributed by atoms with van der Waals surface area (Å²) in [5, 5.41) is 7.05. The molecule has 1 aliphatic heterocycles. The van der Waals surface area contributed by atoms with Gasteiger partial charge in [-0.2, -0.15) is 0 Å². The van der Waals surface area contributed by atoms with Crippen LogP contribution in [0.5, 0.6) is 0 Å². The molecule has 0 unspecified atom stereocenters. The van der Waals surface area contributed by atoms with Gasteiger partial charge in [0, 0.05) is 45.3 Å². The summed E-state index contributed by atoms with van der Waals surface area (Å²) >= 11 is 0. The third-order valence-electron chi connectivity index (χ3n) is 5.45. The number of unbranched alkanes of at least 4 members (excludes halogenated alkanes) is 1. The maximum Gasteiger partial charge on any atom is 0.191 e. The zero-order valence-electron chi connectivity index (χ0n) is 16.6. The standard InChI is InChI=1S/C19H39N5.HI/c1-4-20-19(22-18-9-7-17(2)8-10-18)21-11-5-6-12-24-15-13-23(3)14-16-24;/h17-18H,4-16H2,1-3H3,(H2,20,21,22);1H. The highest BCUT2D eigenvalue weighted by atomic mass is 127. The van der Waals surface area contributed by atoms with E-state index in [1.165, 1.54) is 71.2 Å². The molecule has 1 aliphatic carbocycles. The minimum absolute atomic E-state index is 0. The van der Waals surface area contributed by atoms with Gasteiger partial charge in [0.25, 0.3) is 0 Å². The van der Waals surface area contributed by atoms with Crippen molar-refractivity contribution >= 4 is 29.9 Å². The average Bonchev–Trinajstić information content (AvgIpc) is 2.58. The van der Waals surface area contributed by atoms with Crippen molar-refractivity contribution in [1.82, 2.24) is 20.4 Å². The van der Waals surface area contributed by atoms with Crippen molar-refractivity contribution in [1.29, 1.82) is 0 Å². The fourth-order valence-electron chi connectivity index (χ4n) is 3.63. The minimum atomic E-state index is 0. The van der Waals surface area contributed by atoms with Gasteiger partial charge in [-0.3, -0.25) is 4.99 Å². The highest BCUT2D eigenvalue weighted by Crippen LogP contribution is 2.23. The van der Waals surface area contributed by atoms with Crippen LogP contribution in [0.2, 0.25) is 0 Å². The first-order valence-electron chi connectivity index (χ1n) is 10.1. The van der Waals surface area contributed by atoms with Gasteiger partial charge in [0.15, 0.2) is 5.96 Å². The lowest BCUT2D eigenvalue weighted by Gasteiger charge is -2.32. The highest BCUT2D eigenvalue weighted by Gasteiger charge is 2.18. The molecule has 25 heavy (non-hydrogen) atoms. The topological polar surface area (TPSA) is 42.9 Å². The van der Waals surface area contributed by atoms with Gasteiger partial charge in [-0.15, -0.1) is 24.0 Å². The van der Waals surface area contributed by atoms with Crippen LogP contribution in [0.4, 0.5) is 0 Å². The molecular weight excluding hydrogens is 425 g/mol. The van der Waals surface area contributed by atoms with Crippen LogP contribution < -0.4 is 10.6 Å². The largest absolute Gasteiger partial charge is 0.357 e. The van der Waals surface area contributed by atoms with Crippen molar-refractivity contribution in [2.45, 2.75) is 58.4 Å². The van der Waals surface area contributed by atoms with Crippen LogP contribution in [-0.2, 0) is 0 Å². The van der Waals surface area contributed by atoms with Gasteiger partial charge in [0.05, 0.1) is 0 Å². The first-order chi connectivity index (χ1) is 11.7. The normalized spacial score (nSPS) is 26.1. The Morgan fingerprint density at radius 3 is 2.36 bits per heavy atom. The number of rotatable bonds is 7. The van der Waals surface area contributed by atoms with E-state index < -0.39 is 0 Å². The molecule has 1 saturated heterocycles. The van der Waals surface area contributed by atoms with Gasteiger partial charge < -0.3 is 20.4 Å². The lowest BCUT2D eigenvalue weighted by Crippen LogP contribution is -2.45. The summed E-state index contributed by atoms with van der Waals surface area (Å²) in [6.07, 6.45) is 7.71. The van der Waals surface area contributed by atoms with E-state index in [2.05, 4.69) is 41.3 Å². The monoisotopic (exact) mass is 465 g/mol. The van der Waals surface area contributed by atoms with Crippen LogP contribution in [0.15, 0.2) is 4.99 Å². The van der Waals surface area contributed by atoms with E-state index in [9.17, 15) is 0 Å². The maximum absolute atomic E-state index is 4.79. The summed E-state index contributed by atoms with van der Waals surface area (Å²) in [4.78, 5) is 9.80. The average molecular weight is 465 g/mol. The van der Waals surface area contributed by atoms with Gasteiger partial charge >= 0.3 is 0 Å². The van der Waals surface area contributed by atoms with Crippen molar-refractivity contribution in [2.75, 3.05) is 52.9 Å². The Morgan fingerprint density at radius 2 is 1.72 bits per heavy atom. The van der Waals surface area contributed by atoms with E-state index >= 15 is 0 Å². The maximum atomic E-state index is 4.79. The number of nitrogens with zero attached hydrogens (tertiary/aromatic N) is 3. The summed E-state index contributed by atoms with van der Waals surface area (Å²) < 4.78 is 0.